The van der Waals surface area contributed by atoms with Crippen molar-refractivity contribution < 1.29 is 14.3 Å². The topological polar surface area (TPSA) is 89.1 Å². The number of hydrogen-bond acceptors (Lipinski definition) is 6. The number of rotatable bonds is 6. The van der Waals surface area contributed by atoms with E-state index in [2.05, 4.69) is 20.3 Å². The third-order valence-corrected chi connectivity index (χ3v) is 4.53. The van der Waals surface area contributed by atoms with E-state index in [1.54, 1.807) is 13.4 Å². The van der Waals surface area contributed by atoms with Crippen LogP contribution in [0.4, 0.5) is 5.82 Å². The quantitative estimate of drug-likeness (QED) is 0.598. The molecule has 0 fully saturated rings. The molecule has 1 heterocycles. The van der Waals surface area contributed by atoms with Crippen molar-refractivity contribution >= 4 is 11.8 Å². The standard InChI is InChI=1S/C23H24N4O3/c1-16-13-20(17-9-11-19(29-2)12-10-17)25-14-24-15-26-22(16)27-21(23(28)30-3)18-7-5-4-6-8-18/h4-15,21,27H,1-3H3,(H,24,25,26). The summed E-state index contributed by atoms with van der Waals surface area (Å²) in [6, 6.07) is 18.3. The van der Waals surface area contributed by atoms with Gasteiger partial charge >= 0.3 is 5.97 Å². The van der Waals surface area contributed by atoms with Gasteiger partial charge in [-0.15, -0.1) is 0 Å². The number of aromatic nitrogens is 3. The zero-order chi connectivity index (χ0) is 21.3. The minimum Gasteiger partial charge on any atom is -0.497 e. The van der Waals surface area contributed by atoms with Crippen LogP contribution in [0.25, 0.3) is 11.3 Å². The molecule has 0 saturated carbocycles. The Morgan fingerprint density at radius 3 is 2.47 bits per heavy atom. The van der Waals surface area contributed by atoms with Crippen LogP contribution in [0.3, 0.4) is 0 Å². The van der Waals surface area contributed by atoms with Gasteiger partial charge < -0.3 is 19.8 Å². The van der Waals surface area contributed by atoms with Gasteiger partial charge in [-0.1, -0.05) is 30.3 Å². The lowest BCUT2D eigenvalue weighted by Crippen LogP contribution is -2.23. The van der Waals surface area contributed by atoms with Crippen molar-refractivity contribution in [1.29, 1.82) is 0 Å². The van der Waals surface area contributed by atoms with Crippen LogP contribution in [0.1, 0.15) is 17.2 Å². The van der Waals surface area contributed by atoms with Gasteiger partial charge in [-0.3, -0.25) is 0 Å². The molecular formula is C23H24N4O3. The summed E-state index contributed by atoms with van der Waals surface area (Å²) in [6.07, 6.45) is 2.98. The summed E-state index contributed by atoms with van der Waals surface area (Å²) in [7, 11) is 3.00. The number of anilines is 1. The maximum atomic E-state index is 12.4. The predicted molar refractivity (Wildman–Crippen MR) is 116 cm³/mol. The average Bonchev–Trinajstić information content (AvgIpc) is 2.88. The van der Waals surface area contributed by atoms with Gasteiger partial charge in [0.2, 0.25) is 0 Å². The number of aromatic amines is 1. The maximum absolute atomic E-state index is 12.4. The summed E-state index contributed by atoms with van der Waals surface area (Å²) in [5, 5.41) is 3.20. The monoisotopic (exact) mass is 404 g/mol. The molecule has 7 nitrogen and oxygen atoms in total. The van der Waals surface area contributed by atoms with Gasteiger partial charge in [-0.05, 0) is 53.9 Å². The molecule has 1 aromatic heterocycles. The third kappa shape index (κ3) is 5.14. The second kappa shape index (κ2) is 10.1. The molecular weight excluding hydrogens is 380 g/mol. The SMILES string of the molecule is COC(=O)C(Nc1ncnc[nH]c(-c2ccc(OC)cc2)cc1C)c1ccccc1. The third-order valence-electron chi connectivity index (χ3n) is 4.53. The van der Waals surface area contributed by atoms with Crippen molar-refractivity contribution in [3.8, 4) is 17.0 Å². The number of H-pyrrole nitrogens is 1. The minimum atomic E-state index is -0.700. The fourth-order valence-corrected chi connectivity index (χ4v) is 2.93. The molecule has 2 aromatic carbocycles. The van der Waals surface area contributed by atoms with Crippen molar-refractivity contribution in [1.82, 2.24) is 15.0 Å². The van der Waals surface area contributed by atoms with E-state index in [0.717, 1.165) is 28.1 Å². The highest BCUT2D eigenvalue weighted by atomic mass is 16.5. The Bertz CT molecular complexity index is 1030. The van der Waals surface area contributed by atoms with E-state index in [-0.39, 0.29) is 0 Å². The van der Waals surface area contributed by atoms with Crippen molar-refractivity contribution in [2.24, 2.45) is 0 Å². The van der Waals surface area contributed by atoms with E-state index in [1.807, 2.05) is 67.6 Å². The molecule has 0 spiro atoms. The smallest absolute Gasteiger partial charge is 0.333 e. The number of esters is 1. The van der Waals surface area contributed by atoms with E-state index in [4.69, 9.17) is 9.47 Å². The number of methoxy groups -OCH3 is 2. The van der Waals surface area contributed by atoms with Crippen LogP contribution < -0.4 is 10.1 Å². The van der Waals surface area contributed by atoms with E-state index >= 15 is 0 Å². The van der Waals surface area contributed by atoms with E-state index in [1.165, 1.54) is 13.4 Å². The molecule has 3 aromatic rings. The van der Waals surface area contributed by atoms with E-state index < -0.39 is 12.0 Å². The first-order chi connectivity index (χ1) is 14.6. The molecule has 0 aliphatic heterocycles. The molecule has 0 aliphatic carbocycles. The number of carbonyl (C=O) groups is 1. The first-order valence-electron chi connectivity index (χ1n) is 9.39. The number of hydrogen-bond donors (Lipinski definition) is 2. The van der Waals surface area contributed by atoms with Crippen LogP contribution in [0, 0.1) is 6.92 Å². The Hall–Kier alpha value is -3.87. The summed E-state index contributed by atoms with van der Waals surface area (Å²) in [6.45, 7) is 1.91. The van der Waals surface area contributed by atoms with Gasteiger partial charge in [0, 0.05) is 5.69 Å². The Labute approximate surface area is 175 Å². The Kier molecular flexibility index (Phi) is 7.00. The number of nitrogens with zero attached hydrogens (tertiary/aromatic N) is 2. The average molecular weight is 404 g/mol. The lowest BCUT2D eigenvalue weighted by molar-refractivity contribution is -0.141. The van der Waals surface area contributed by atoms with E-state index in [9.17, 15) is 4.79 Å². The Balaban J connectivity index is 2.03. The van der Waals surface area contributed by atoms with Crippen molar-refractivity contribution in [3.05, 3.63) is 84.4 Å². The molecule has 0 bridgehead atoms. The van der Waals surface area contributed by atoms with Gasteiger partial charge in [0.05, 0.1) is 20.5 Å². The first-order valence-corrected chi connectivity index (χ1v) is 9.39. The van der Waals surface area contributed by atoms with Crippen LogP contribution >= 0.6 is 0 Å². The highest BCUT2D eigenvalue weighted by molar-refractivity contribution is 5.81. The van der Waals surface area contributed by atoms with Crippen LogP contribution in [-0.2, 0) is 9.53 Å². The van der Waals surface area contributed by atoms with Crippen molar-refractivity contribution in [2.45, 2.75) is 13.0 Å². The molecule has 7 heteroatoms. The van der Waals surface area contributed by atoms with Crippen molar-refractivity contribution in [2.75, 3.05) is 19.5 Å². The predicted octanol–water partition coefficient (Wildman–Crippen LogP) is 4.24. The largest absolute Gasteiger partial charge is 0.497 e. The van der Waals surface area contributed by atoms with Crippen LogP contribution in [0.15, 0.2) is 73.3 Å². The summed E-state index contributed by atoms with van der Waals surface area (Å²) in [4.78, 5) is 24.1. The zero-order valence-electron chi connectivity index (χ0n) is 17.1. The fourth-order valence-electron chi connectivity index (χ4n) is 2.93. The van der Waals surface area contributed by atoms with Crippen molar-refractivity contribution in [3.63, 3.8) is 0 Å². The first kappa shape index (κ1) is 20.9. The highest BCUT2D eigenvalue weighted by Crippen LogP contribution is 2.24. The summed E-state index contributed by atoms with van der Waals surface area (Å²) < 4.78 is 10.2. The van der Waals surface area contributed by atoms with Gasteiger partial charge in [0.1, 0.15) is 17.9 Å². The summed E-state index contributed by atoms with van der Waals surface area (Å²) in [5.74, 6) is 0.886. The van der Waals surface area contributed by atoms with Gasteiger partial charge in [-0.25, -0.2) is 14.8 Å². The second-order valence-corrected chi connectivity index (χ2v) is 6.50. The lowest BCUT2D eigenvalue weighted by Gasteiger charge is -2.18. The van der Waals surface area contributed by atoms with Crippen LogP contribution in [0.2, 0.25) is 0 Å². The molecule has 0 aliphatic rings. The number of benzene rings is 2. The maximum Gasteiger partial charge on any atom is 0.333 e. The molecule has 2 N–H and O–H groups in total. The van der Waals surface area contributed by atoms with Crippen LogP contribution in [0.5, 0.6) is 5.75 Å². The van der Waals surface area contributed by atoms with Gasteiger partial charge in [-0.2, -0.15) is 0 Å². The normalized spacial score (nSPS) is 11.2. The molecule has 0 saturated heterocycles. The molecule has 1 unspecified atom stereocenters. The number of nitrogens with one attached hydrogen (secondary N) is 2. The molecule has 0 radical (unpaired) electrons. The fraction of sp³-hybridized carbons (Fsp3) is 0.174. The minimum absolute atomic E-state index is 0.405. The zero-order valence-corrected chi connectivity index (χ0v) is 17.1. The molecule has 1 atom stereocenters. The number of ether oxygens (including phenoxy) is 2. The second-order valence-electron chi connectivity index (χ2n) is 6.50. The highest BCUT2D eigenvalue weighted by Gasteiger charge is 2.22. The molecule has 3 rings (SSSR count). The summed E-state index contributed by atoms with van der Waals surface area (Å²) in [5.41, 5.74) is 3.38. The van der Waals surface area contributed by atoms with Gasteiger partial charge in [0.15, 0.2) is 6.04 Å². The Morgan fingerprint density at radius 2 is 1.80 bits per heavy atom. The Morgan fingerprint density at radius 1 is 1.07 bits per heavy atom. The lowest BCUT2D eigenvalue weighted by atomic mass is 10.1. The van der Waals surface area contributed by atoms with Gasteiger partial charge in [0.25, 0.3) is 0 Å². The summed E-state index contributed by atoms with van der Waals surface area (Å²) >= 11 is 0. The molecule has 154 valence electrons. The number of aryl methyl sites for hydroxylation is 1. The van der Waals surface area contributed by atoms with Crippen LogP contribution in [-0.4, -0.2) is 35.1 Å². The number of carbonyl (C=O) groups excluding carboxylic acids is 1. The van der Waals surface area contributed by atoms with E-state index in [0.29, 0.717) is 5.82 Å². The molecule has 0 amide bonds. The molecule has 30 heavy (non-hydrogen) atoms.